The van der Waals surface area contributed by atoms with E-state index in [1.54, 1.807) is 0 Å². The summed E-state index contributed by atoms with van der Waals surface area (Å²) in [6, 6.07) is 8.17. The molecule has 0 unspecified atom stereocenters. The molecule has 2 aromatic rings. The van der Waals surface area contributed by atoms with Crippen LogP contribution in [0.25, 0.3) is 11.0 Å². The molecule has 0 atom stereocenters. The fourth-order valence-corrected chi connectivity index (χ4v) is 2.17. The molecule has 0 amide bonds. The average Bonchev–Trinajstić information content (AvgIpc) is 2.73. The van der Waals surface area contributed by atoms with Crippen LogP contribution in [0.4, 0.5) is 0 Å². The van der Waals surface area contributed by atoms with Crippen molar-refractivity contribution in [3.8, 4) is 0 Å². The molecular formula is C13H17NOS. The maximum Gasteiger partial charge on any atom is 0.134 e. The van der Waals surface area contributed by atoms with Gasteiger partial charge in [0.25, 0.3) is 0 Å². The maximum absolute atomic E-state index is 5.48. The second-order valence-corrected chi connectivity index (χ2v) is 4.77. The van der Waals surface area contributed by atoms with E-state index in [9.17, 15) is 0 Å². The number of thioether (sulfide) groups is 1. The molecule has 86 valence electrons. The van der Waals surface area contributed by atoms with Gasteiger partial charge in [-0.1, -0.05) is 18.2 Å². The monoisotopic (exact) mass is 235 g/mol. The second kappa shape index (κ2) is 5.97. The molecule has 0 bridgehead atoms. The number of fused-ring (bicyclic) bond motifs is 1. The summed E-state index contributed by atoms with van der Waals surface area (Å²) in [6.07, 6.45) is 5.22. The summed E-state index contributed by atoms with van der Waals surface area (Å²) in [5.41, 5.74) is 2.23. The zero-order chi connectivity index (χ0) is 11.2. The van der Waals surface area contributed by atoms with E-state index in [1.165, 1.54) is 23.1 Å². The third-order valence-corrected chi connectivity index (χ3v) is 3.28. The van der Waals surface area contributed by atoms with Crippen LogP contribution in [0.2, 0.25) is 0 Å². The summed E-state index contributed by atoms with van der Waals surface area (Å²) in [5.74, 6) is 1.22. The lowest BCUT2D eigenvalue weighted by atomic mass is 10.2. The number of furan rings is 1. The second-order valence-electron chi connectivity index (χ2n) is 3.78. The molecule has 2 rings (SSSR count). The van der Waals surface area contributed by atoms with Crippen molar-refractivity contribution in [2.45, 2.75) is 13.0 Å². The van der Waals surface area contributed by atoms with Gasteiger partial charge in [0.15, 0.2) is 0 Å². The third-order valence-electron chi connectivity index (χ3n) is 2.58. The molecule has 0 aliphatic rings. The van der Waals surface area contributed by atoms with Gasteiger partial charge in [-0.2, -0.15) is 11.8 Å². The molecule has 0 fully saturated rings. The van der Waals surface area contributed by atoms with Gasteiger partial charge in [0, 0.05) is 17.5 Å². The lowest BCUT2D eigenvalue weighted by molar-refractivity contribution is 0.601. The standard InChI is InChI=1S/C13H17NOS/c1-16-8-4-7-14-9-11-10-15-13-6-3-2-5-12(11)13/h2-3,5-6,10,14H,4,7-9H2,1H3. The Bertz CT molecular complexity index is 438. The Hall–Kier alpha value is -0.930. The number of hydrogen-bond donors (Lipinski definition) is 1. The van der Waals surface area contributed by atoms with Crippen LogP contribution in [0.5, 0.6) is 0 Å². The summed E-state index contributed by atoms with van der Waals surface area (Å²) in [7, 11) is 0. The highest BCUT2D eigenvalue weighted by Gasteiger charge is 2.03. The lowest BCUT2D eigenvalue weighted by Gasteiger charge is -2.02. The van der Waals surface area contributed by atoms with Gasteiger partial charge in [-0.3, -0.25) is 0 Å². The Morgan fingerprint density at radius 2 is 2.19 bits per heavy atom. The van der Waals surface area contributed by atoms with Crippen molar-refractivity contribution in [2.75, 3.05) is 18.6 Å². The van der Waals surface area contributed by atoms with Gasteiger partial charge in [0.05, 0.1) is 6.26 Å². The lowest BCUT2D eigenvalue weighted by Crippen LogP contribution is -2.14. The number of para-hydroxylation sites is 1. The molecule has 3 heteroatoms. The smallest absolute Gasteiger partial charge is 0.134 e. The van der Waals surface area contributed by atoms with E-state index in [4.69, 9.17) is 4.42 Å². The van der Waals surface area contributed by atoms with Gasteiger partial charge < -0.3 is 9.73 Å². The Labute approximate surface area is 100 Å². The van der Waals surface area contributed by atoms with Crippen molar-refractivity contribution in [3.05, 3.63) is 36.1 Å². The van der Waals surface area contributed by atoms with Gasteiger partial charge in [0.1, 0.15) is 5.58 Å². The molecule has 1 aromatic heterocycles. The van der Waals surface area contributed by atoms with Crippen LogP contribution < -0.4 is 5.32 Å². The highest BCUT2D eigenvalue weighted by atomic mass is 32.2. The summed E-state index contributed by atoms with van der Waals surface area (Å²) in [5, 5.41) is 4.66. The number of rotatable bonds is 6. The van der Waals surface area contributed by atoms with E-state index in [1.807, 2.05) is 30.2 Å². The van der Waals surface area contributed by atoms with Crippen LogP contribution in [-0.2, 0) is 6.54 Å². The van der Waals surface area contributed by atoms with Crippen molar-refractivity contribution >= 4 is 22.7 Å². The van der Waals surface area contributed by atoms with Crippen LogP contribution in [0.1, 0.15) is 12.0 Å². The van der Waals surface area contributed by atoms with Crippen LogP contribution in [0, 0.1) is 0 Å². The Morgan fingerprint density at radius 3 is 3.06 bits per heavy atom. The first kappa shape index (κ1) is 11.6. The minimum absolute atomic E-state index is 0.894. The van der Waals surface area contributed by atoms with Gasteiger partial charge >= 0.3 is 0 Å². The molecule has 0 saturated heterocycles. The predicted molar refractivity (Wildman–Crippen MR) is 70.9 cm³/mol. The molecule has 1 aromatic carbocycles. The zero-order valence-electron chi connectivity index (χ0n) is 9.53. The van der Waals surface area contributed by atoms with Gasteiger partial charge in [-0.15, -0.1) is 0 Å². The topological polar surface area (TPSA) is 25.2 Å². The van der Waals surface area contributed by atoms with Crippen molar-refractivity contribution in [1.82, 2.24) is 5.32 Å². The van der Waals surface area contributed by atoms with Crippen LogP contribution >= 0.6 is 11.8 Å². The first-order chi connectivity index (χ1) is 7.92. The molecule has 1 heterocycles. The first-order valence-electron chi connectivity index (χ1n) is 5.56. The van der Waals surface area contributed by atoms with Crippen LogP contribution in [-0.4, -0.2) is 18.6 Å². The van der Waals surface area contributed by atoms with E-state index in [0.29, 0.717) is 0 Å². The van der Waals surface area contributed by atoms with Crippen molar-refractivity contribution in [2.24, 2.45) is 0 Å². The molecule has 0 aliphatic carbocycles. The van der Waals surface area contributed by atoms with E-state index in [-0.39, 0.29) is 0 Å². The quantitative estimate of drug-likeness (QED) is 0.778. The molecule has 0 radical (unpaired) electrons. The number of benzene rings is 1. The summed E-state index contributed by atoms with van der Waals surface area (Å²) in [4.78, 5) is 0. The minimum Gasteiger partial charge on any atom is -0.464 e. The van der Waals surface area contributed by atoms with E-state index in [2.05, 4.69) is 23.7 Å². The Balaban J connectivity index is 1.89. The largest absolute Gasteiger partial charge is 0.464 e. The minimum atomic E-state index is 0.894. The molecule has 1 N–H and O–H groups in total. The average molecular weight is 235 g/mol. The summed E-state index contributed by atoms with van der Waals surface area (Å²) < 4.78 is 5.48. The fraction of sp³-hybridized carbons (Fsp3) is 0.385. The first-order valence-corrected chi connectivity index (χ1v) is 6.96. The van der Waals surface area contributed by atoms with Crippen molar-refractivity contribution in [1.29, 1.82) is 0 Å². The summed E-state index contributed by atoms with van der Waals surface area (Å²) in [6.45, 7) is 1.96. The Kier molecular flexibility index (Phi) is 4.31. The van der Waals surface area contributed by atoms with Crippen LogP contribution in [0.3, 0.4) is 0 Å². The number of hydrogen-bond acceptors (Lipinski definition) is 3. The maximum atomic E-state index is 5.48. The van der Waals surface area contributed by atoms with Gasteiger partial charge in [-0.25, -0.2) is 0 Å². The highest BCUT2D eigenvalue weighted by Crippen LogP contribution is 2.20. The zero-order valence-corrected chi connectivity index (χ0v) is 10.3. The van der Waals surface area contributed by atoms with Gasteiger partial charge in [-0.05, 0) is 31.0 Å². The molecule has 16 heavy (non-hydrogen) atoms. The van der Waals surface area contributed by atoms with E-state index < -0.39 is 0 Å². The highest BCUT2D eigenvalue weighted by molar-refractivity contribution is 7.98. The SMILES string of the molecule is CSCCCNCc1coc2ccccc12. The fourth-order valence-electron chi connectivity index (χ4n) is 1.73. The van der Waals surface area contributed by atoms with E-state index >= 15 is 0 Å². The van der Waals surface area contributed by atoms with Crippen LogP contribution in [0.15, 0.2) is 34.9 Å². The van der Waals surface area contributed by atoms with E-state index in [0.717, 1.165) is 18.7 Å². The predicted octanol–water partition coefficient (Wildman–Crippen LogP) is 3.28. The van der Waals surface area contributed by atoms with Gasteiger partial charge in [0.2, 0.25) is 0 Å². The molecule has 2 nitrogen and oxygen atoms in total. The van der Waals surface area contributed by atoms with Crippen molar-refractivity contribution < 1.29 is 4.42 Å². The van der Waals surface area contributed by atoms with Crippen molar-refractivity contribution in [3.63, 3.8) is 0 Å². The molecule has 0 spiro atoms. The normalized spacial score (nSPS) is 11.1. The molecular weight excluding hydrogens is 218 g/mol. The molecule has 0 aliphatic heterocycles. The summed E-state index contributed by atoms with van der Waals surface area (Å²) >= 11 is 1.89. The molecule has 0 saturated carbocycles. The Morgan fingerprint density at radius 1 is 1.31 bits per heavy atom. The number of nitrogens with one attached hydrogen (secondary N) is 1. The third kappa shape index (κ3) is 2.80.